The van der Waals surface area contributed by atoms with Gasteiger partial charge in [-0.05, 0) is 13.0 Å². The molecule has 0 amide bonds. The number of anilines is 1. The van der Waals surface area contributed by atoms with Crippen molar-refractivity contribution in [3.05, 3.63) is 18.0 Å². The van der Waals surface area contributed by atoms with E-state index in [9.17, 15) is 9.18 Å². The molecule has 0 aliphatic carbocycles. The predicted octanol–water partition coefficient (Wildman–Crippen LogP) is 1.22. The van der Waals surface area contributed by atoms with Crippen molar-refractivity contribution in [2.45, 2.75) is 13.5 Å². The number of esters is 1. The zero-order chi connectivity index (χ0) is 10.6. The number of alkyl halides is 1. The summed E-state index contributed by atoms with van der Waals surface area (Å²) in [5, 5.41) is 0. The Bertz CT molecular complexity index is 323. The molecule has 0 atom stereocenters. The summed E-state index contributed by atoms with van der Waals surface area (Å²) in [5.74, 6) is -0.541. The normalized spacial score (nSPS) is 10.1. The number of nitrogens with zero attached hydrogens (tertiary/aromatic N) is 1. The van der Waals surface area contributed by atoms with Crippen molar-refractivity contribution in [2.24, 2.45) is 0 Å². The van der Waals surface area contributed by atoms with E-state index in [1.54, 1.807) is 10.8 Å². The summed E-state index contributed by atoms with van der Waals surface area (Å²) in [6.45, 7) is 1.62. The van der Waals surface area contributed by atoms with Crippen LogP contribution in [-0.2, 0) is 11.3 Å². The summed E-state index contributed by atoms with van der Waals surface area (Å²) < 4.78 is 18.1. The van der Waals surface area contributed by atoms with Crippen molar-refractivity contribution >= 4 is 11.7 Å². The van der Waals surface area contributed by atoms with Crippen molar-refractivity contribution in [1.82, 2.24) is 4.57 Å². The molecular formula is C9H13FN2O2. The van der Waals surface area contributed by atoms with Crippen molar-refractivity contribution in [2.75, 3.05) is 19.0 Å². The predicted molar refractivity (Wildman–Crippen MR) is 50.8 cm³/mol. The first-order valence-corrected chi connectivity index (χ1v) is 4.37. The van der Waals surface area contributed by atoms with E-state index in [2.05, 4.69) is 4.74 Å². The molecule has 0 unspecified atom stereocenters. The molecule has 0 fully saturated rings. The van der Waals surface area contributed by atoms with E-state index in [4.69, 9.17) is 5.73 Å². The lowest BCUT2D eigenvalue weighted by Gasteiger charge is -2.04. The molecule has 1 aromatic rings. The Morgan fingerprint density at radius 2 is 2.43 bits per heavy atom. The Morgan fingerprint density at radius 3 is 3.00 bits per heavy atom. The van der Waals surface area contributed by atoms with Gasteiger partial charge in [0, 0.05) is 12.7 Å². The van der Waals surface area contributed by atoms with Crippen molar-refractivity contribution in [3.63, 3.8) is 0 Å². The van der Waals surface area contributed by atoms with Crippen molar-refractivity contribution in [1.29, 1.82) is 0 Å². The Morgan fingerprint density at radius 1 is 1.71 bits per heavy atom. The summed E-state index contributed by atoms with van der Waals surface area (Å²) in [4.78, 5) is 11.3. The van der Waals surface area contributed by atoms with Gasteiger partial charge in [0.2, 0.25) is 0 Å². The zero-order valence-electron chi connectivity index (χ0n) is 8.00. The summed E-state index contributed by atoms with van der Waals surface area (Å²) >= 11 is 0. The minimum Gasteiger partial charge on any atom is -0.458 e. The summed E-state index contributed by atoms with van der Waals surface area (Å²) in [7, 11) is 0. The van der Waals surface area contributed by atoms with E-state index >= 15 is 0 Å². The molecule has 1 heterocycles. The third-order valence-corrected chi connectivity index (χ3v) is 1.78. The molecule has 0 saturated heterocycles. The van der Waals surface area contributed by atoms with Gasteiger partial charge in [-0.15, -0.1) is 0 Å². The van der Waals surface area contributed by atoms with Crippen LogP contribution in [-0.4, -0.2) is 23.8 Å². The summed E-state index contributed by atoms with van der Waals surface area (Å²) in [5.41, 5.74) is 6.38. The number of halogens is 1. The highest BCUT2D eigenvalue weighted by Crippen LogP contribution is 2.11. The minimum atomic E-state index is -0.673. The van der Waals surface area contributed by atoms with E-state index in [1.807, 2.05) is 6.92 Å². The topological polar surface area (TPSA) is 57.2 Å². The lowest BCUT2D eigenvalue weighted by molar-refractivity contribution is 0.0469. The van der Waals surface area contributed by atoms with E-state index in [1.165, 1.54) is 6.07 Å². The van der Waals surface area contributed by atoms with E-state index in [0.29, 0.717) is 17.9 Å². The third kappa shape index (κ3) is 2.25. The summed E-state index contributed by atoms with van der Waals surface area (Å²) in [6.07, 6.45) is 1.64. The number of hydrogen-bond acceptors (Lipinski definition) is 3. The van der Waals surface area contributed by atoms with Gasteiger partial charge in [-0.3, -0.25) is 0 Å². The second-order valence-corrected chi connectivity index (χ2v) is 2.77. The number of hydrogen-bond donors (Lipinski definition) is 1. The third-order valence-electron chi connectivity index (χ3n) is 1.78. The van der Waals surface area contributed by atoms with Crippen molar-refractivity contribution < 1.29 is 13.9 Å². The molecule has 1 aromatic heterocycles. The van der Waals surface area contributed by atoms with E-state index in [-0.39, 0.29) is 6.61 Å². The Hall–Kier alpha value is -1.52. The van der Waals surface area contributed by atoms with Gasteiger partial charge >= 0.3 is 5.97 Å². The van der Waals surface area contributed by atoms with Crippen LogP contribution in [0.5, 0.6) is 0 Å². The first-order valence-electron chi connectivity index (χ1n) is 4.37. The van der Waals surface area contributed by atoms with Gasteiger partial charge in [0.15, 0.2) is 0 Å². The maximum absolute atomic E-state index is 11.7. The number of carbonyl (C=O) groups is 1. The van der Waals surface area contributed by atoms with E-state index < -0.39 is 12.6 Å². The average molecular weight is 200 g/mol. The highest BCUT2D eigenvalue weighted by Gasteiger charge is 2.12. The maximum Gasteiger partial charge on any atom is 0.355 e. The van der Waals surface area contributed by atoms with Gasteiger partial charge in [-0.2, -0.15) is 0 Å². The van der Waals surface area contributed by atoms with Gasteiger partial charge in [0.25, 0.3) is 0 Å². The van der Waals surface area contributed by atoms with Crippen LogP contribution in [0.1, 0.15) is 17.4 Å². The molecule has 0 radical (unpaired) electrons. The Labute approximate surface area is 81.5 Å². The van der Waals surface area contributed by atoms with Crippen LogP contribution >= 0.6 is 0 Å². The Balaban J connectivity index is 2.77. The number of nitrogen functional groups attached to an aromatic ring is 1. The molecule has 4 nitrogen and oxygen atoms in total. The maximum atomic E-state index is 11.7. The molecule has 78 valence electrons. The molecule has 0 saturated carbocycles. The van der Waals surface area contributed by atoms with Gasteiger partial charge < -0.3 is 15.0 Å². The van der Waals surface area contributed by atoms with Crippen LogP contribution in [0.4, 0.5) is 10.1 Å². The van der Waals surface area contributed by atoms with Gasteiger partial charge in [-0.25, -0.2) is 9.18 Å². The van der Waals surface area contributed by atoms with Crippen LogP contribution < -0.4 is 5.73 Å². The molecule has 0 aromatic carbocycles. The molecule has 14 heavy (non-hydrogen) atoms. The second-order valence-electron chi connectivity index (χ2n) is 2.77. The molecule has 0 bridgehead atoms. The lowest BCUT2D eigenvalue weighted by Crippen LogP contribution is -2.12. The number of nitrogens with two attached hydrogens (primary N) is 1. The lowest BCUT2D eigenvalue weighted by atomic mass is 10.4. The zero-order valence-corrected chi connectivity index (χ0v) is 8.00. The largest absolute Gasteiger partial charge is 0.458 e. The number of rotatable bonds is 4. The fourth-order valence-corrected chi connectivity index (χ4v) is 1.17. The molecule has 1 rings (SSSR count). The number of carbonyl (C=O) groups excluding carboxylic acids is 1. The molecule has 5 heteroatoms. The van der Waals surface area contributed by atoms with Crippen LogP contribution in [0.3, 0.4) is 0 Å². The number of ether oxygens (including phenoxy) is 1. The quantitative estimate of drug-likeness (QED) is 0.743. The molecule has 0 aliphatic rings. The number of aryl methyl sites for hydroxylation is 1. The van der Waals surface area contributed by atoms with Crippen LogP contribution in [0.25, 0.3) is 0 Å². The smallest absolute Gasteiger partial charge is 0.355 e. The highest BCUT2D eigenvalue weighted by atomic mass is 19.1. The molecular weight excluding hydrogens is 187 g/mol. The monoisotopic (exact) mass is 200 g/mol. The van der Waals surface area contributed by atoms with Crippen molar-refractivity contribution in [3.8, 4) is 0 Å². The minimum absolute atomic E-state index is 0.215. The molecule has 2 N–H and O–H groups in total. The second kappa shape index (κ2) is 4.64. The fourth-order valence-electron chi connectivity index (χ4n) is 1.17. The SMILES string of the molecule is CCn1cc(N)cc1C(=O)OCCF. The van der Waals surface area contributed by atoms with Crippen LogP contribution in [0.15, 0.2) is 12.3 Å². The standard InChI is InChI=1S/C9H13FN2O2/c1-2-12-6-7(11)5-8(12)9(13)14-4-3-10/h5-6H,2-4,11H2,1H3. The van der Waals surface area contributed by atoms with Gasteiger partial charge in [0.05, 0.1) is 5.69 Å². The average Bonchev–Trinajstić information content (AvgIpc) is 2.56. The number of aromatic nitrogens is 1. The first-order chi connectivity index (χ1) is 6.69. The Kier molecular flexibility index (Phi) is 3.50. The first kappa shape index (κ1) is 10.6. The van der Waals surface area contributed by atoms with Gasteiger partial charge in [-0.1, -0.05) is 0 Å². The van der Waals surface area contributed by atoms with E-state index in [0.717, 1.165) is 0 Å². The molecule has 0 aliphatic heterocycles. The van der Waals surface area contributed by atoms with Crippen LogP contribution in [0, 0.1) is 0 Å². The van der Waals surface area contributed by atoms with Crippen LogP contribution in [0.2, 0.25) is 0 Å². The highest BCUT2D eigenvalue weighted by molar-refractivity contribution is 5.89. The molecule has 0 spiro atoms. The van der Waals surface area contributed by atoms with Gasteiger partial charge in [0.1, 0.15) is 19.0 Å². The fraction of sp³-hybridized carbons (Fsp3) is 0.444. The summed E-state index contributed by atoms with van der Waals surface area (Å²) in [6, 6.07) is 1.52.